The number of nitrogens with one attached hydrogen (secondary N) is 1. The van der Waals surface area contributed by atoms with Gasteiger partial charge in [-0.15, -0.1) is 0 Å². The lowest BCUT2D eigenvalue weighted by atomic mass is 9.94. The molecule has 0 radical (unpaired) electrons. The molecule has 29 heavy (non-hydrogen) atoms. The molecule has 0 saturated heterocycles. The summed E-state index contributed by atoms with van der Waals surface area (Å²) in [5.41, 5.74) is 3.35. The van der Waals surface area contributed by atoms with Crippen molar-refractivity contribution in [3.8, 4) is 22.9 Å². The summed E-state index contributed by atoms with van der Waals surface area (Å²) < 4.78 is 5.24. The van der Waals surface area contributed by atoms with Gasteiger partial charge in [0.25, 0.3) is 5.91 Å². The number of nitriles is 1. The van der Waals surface area contributed by atoms with E-state index in [0.29, 0.717) is 22.3 Å². The molecule has 1 heterocycles. The Kier molecular flexibility index (Phi) is 4.91. The maximum atomic E-state index is 12.6. The van der Waals surface area contributed by atoms with Crippen LogP contribution in [0.15, 0.2) is 79.0 Å². The van der Waals surface area contributed by atoms with Crippen LogP contribution in [0.3, 0.4) is 0 Å². The standard InChI is InChI=1S/C24H17N3O2/c1-29-18-11-8-16(9-12-18)19-13-10-17(15-25)23-20(19)5-4-7-21(23)27-24(28)22-6-2-3-14-26-22/h2-14H,1H3,(H,27,28). The SMILES string of the molecule is COc1ccc(-c2ccc(C#N)c3c(NC(=O)c4ccccn4)cccc23)cc1. The lowest BCUT2D eigenvalue weighted by Gasteiger charge is -2.13. The van der Waals surface area contributed by atoms with Crippen LogP contribution in [0.2, 0.25) is 0 Å². The van der Waals surface area contributed by atoms with Crippen molar-refractivity contribution in [3.05, 3.63) is 90.3 Å². The van der Waals surface area contributed by atoms with E-state index in [1.54, 1.807) is 43.6 Å². The number of amides is 1. The fourth-order valence-electron chi connectivity index (χ4n) is 3.31. The largest absolute Gasteiger partial charge is 0.497 e. The van der Waals surface area contributed by atoms with E-state index >= 15 is 0 Å². The van der Waals surface area contributed by atoms with Crippen LogP contribution < -0.4 is 10.1 Å². The molecule has 3 aromatic carbocycles. The fourth-order valence-corrected chi connectivity index (χ4v) is 3.31. The first-order valence-electron chi connectivity index (χ1n) is 9.04. The molecular weight excluding hydrogens is 362 g/mol. The van der Waals surface area contributed by atoms with Crippen LogP contribution in [0.1, 0.15) is 16.1 Å². The van der Waals surface area contributed by atoms with Crippen LogP contribution in [-0.4, -0.2) is 18.0 Å². The van der Waals surface area contributed by atoms with Gasteiger partial charge in [-0.3, -0.25) is 9.78 Å². The molecule has 1 N–H and O–H groups in total. The van der Waals surface area contributed by atoms with Crippen LogP contribution in [-0.2, 0) is 0 Å². The van der Waals surface area contributed by atoms with E-state index in [1.807, 2.05) is 42.5 Å². The highest BCUT2D eigenvalue weighted by atomic mass is 16.5. The quantitative estimate of drug-likeness (QED) is 0.539. The maximum Gasteiger partial charge on any atom is 0.274 e. The van der Waals surface area contributed by atoms with Crippen LogP contribution in [0.25, 0.3) is 21.9 Å². The molecule has 4 aromatic rings. The number of hydrogen-bond donors (Lipinski definition) is 1. The van der Waals surface area contributed by atoms with E-state index in [-0.39, 0.29) is 5.91 Å². The van der Waals surface area contributed by atoms with Gasteiger partial charge < -0.3 is 10.1 Å². The maximum absolute atomic E-state index is 12.6. The molecule has 140 valence electrons. The normalized spacial score (nSPS) is 10.3. The molecule has 1 aromatic heterocycles. The molecule has 0 aliphatic rings. The number of carbonyl (C=O) groups excluding carboxylic acids is 1. The number of anilines is 1. The van der Waals surface area contributed by atoms with Crippen molar-refractivity contribution >= 4 is 22.4 Å². The summed E-state index contributed by atoms with van der Waals surface area (Å²) in [6.45, 7) is 0. The fraction of sp³-hybridized carbons (Fsp3) is 0.0417. The van der Waals surface area contributed by atoms with Crippen molar-refractivity contribution in [2.75, 3.05) is 12.4 Å². The van der Waals surface area contributed by atoms with Gasteiger partial charge in [-0.25, -0.2) is 0 Å². The molecule has 5 nitrogen and oxygen atoms in total. The van der Waals surface area contributed by atoms with Crippen molar-refractivity contribution in [3.63, 3.8) is 0 Å². The Balaban J connectivity index is 1.84. The molecule has 0 bridgehead atoms. The molecule has 0 aliphatic carbocycles. The van der Waals surface area contributed by atoms with Crippen molar-refractivity contribution < 1.29 is 9.53 Å². The summed E-state index contributed by atoms with van der Waals surface area (Å²) in [5.74, 6) is 0.451. The van der Waals surface area contributed by atoms with Gasteiger partial charge in [0.05, 0.1) is 24.4 Å². The second-order valence-electron chi connectivity index (χ2n) is 6.40. The number of aromatic nitrogens is 1. The number of benzene rings is 3. The number of pyridine rings is 1. The molecule has 4 rings (SSSR count). The van der Waals surface area contributed by atoms with Gasteiger partial charge in [-0.2, -0.15) is 5.26 Å². The third kappa shape index (κ3) is 3.52. The lowest BCUT2D eigenvalue weighted by Crippen LogP contribution is -2.13. The Morgan fingerprint density at radius 2 is 1.83 bits per heavy atom. The number of nitrogens with zero attached hydrogens (tertiary/aromatic N) is 2. The summed E-state index contributed by atoms with van der Waals surface area (Å²) in [6, 6.07) is 24.4. The molecule has 0 spiro atoms. The predicted molar refractivity (Wildman–Crippen MR) is 113 cm³/mol. The zero-order valence-electron chi connectivity index (χ0n) is 15.7. The lowest BCUT2D eigenvalue weighted by molar-refractivity contribution is 0.102. The molecule has 5 heteroatoms. The number of methoxy groups -OCH3 is 1. The smallest absolute Gasteiger partial charge is 0.274 e. The van der Waals surface area contributed by atoms with Crippen LogP contribution in [0, 0.1) is 11.3 Å². The minimum atomic E-state index is -0.322. The summed E-state index contributed by atoms with van der Waals surface area (Å²) >= 11 is 0. The van der Waals surface area contributed by atoms with Crippen molar-refractivity contribution in [1.29, 1.82) is 5.26 Å². The second kappa shape index (κ2) is 7.83. The van der Waals surface area contributed by atoms with Crippen LogP contribution in [0.5, 0.6) is 5.75 Å². The van der Waals surface area contributed by atoms with Gasteiger partial charge >= 0.3 is 0 Å². The monoisotopic (exact) mass is 379 g/mol. The molecule has 0 saturated carbocycles. The Morgan fingerprint density at radius 1 is 1.00 bits per heavy atom. The number of rotatable bonds is 4. The average Bonchev–Trinajstić information content (AvgIpc) is 2.79. The third-order valence-electron chi connectivity index (χ3n) is 4.71. The molecule has 1 amide bonds. The minimum absolute atomic E-state index is 0.314. The van der Waals surface area contributed by atoms with Gasteiger partial charge in [0.15, 0.2) is 0 Å². The summed E-state index contributed by atoms with van der Waals surface area (Å²) in [4.78, 5) is 16.7. The molecule has 0 fully saturated rings. The molecular formula is C24H17N3O2. The number of fused-ring (bicyclic) bond motifs is 1. The molecule has 0 unspecified atom stereocenters. The Bertz CT molecular complexity index is 1230. The van der Waals surface area contributed by atoms with Gasteiger partial charge in [-0.1, -0.05) is 36.4 Å². The van der Waals surface area contributed by atoms with E-state index in [1.165, 1.54) is 0 Å². The topological polar surface area (TPSA) is 75.0 Å². The van der Waals surface area contributed by atoms with E-state index in [4.69, 9.17) is 4.74 Å². The van der Waals surface area contributed by atoms with Crippen LogP contribution >= 0.6 is 0 Å². The van der Waals surface area contributed by atoms with Gasteiger partial charge in [-0.05, 0) is 52.9 Å². The van der Waals surface area contributed by atoms with E-state index in [2.05, 4.69) is 16.4 Å². The predicted octanol–water partition coefficient (Wildman–Crippen LogP) is 5.03. The Morgan fingerprint density at radius 3 is 2.52 bits per heavy atom. The van der Waals surface area contributed by atoms with E-state index in [9.17, 15) is 10.1 Å². The summed E-state index contributed by atoms with van der Waals surface area (Å²) in [5, 5.41) is 14.1. The Labute approximate surface area is 168 Å². The van der Waals surface area contributed by atoms with Gasteiger partial charge in [0, 0.05) is 11.6 Å². The number of carbonyl (C=O) groups is 1. The number of ether oxygens (including phenoxy) is 1. The van der Waals surface area contributed by atoms with E-state index in [0.717, 1.165) is 22.3 Å². The highest BCUT2D eigenvalue weighted by Crippen LogP contribution is 2.35. The summed E-state index contributed by atoms with van der Waals surface area (Å²) in [6.07, 6.45) is 1.57. The van der Waals surface area contributed by atoms with Crippen LogP contribution in [0.4, 0.5) is 5.69 Å². The molecule has 0 aliphatic heterocycles. The zero-order valence-corrected chi connectivity index (χ0v) is 15.7. The Hall–Kier alpha value is -4.17. The van der Waals surface area contributed by atoms with Gasteiger partial charge in [0.1, 0.15) is 11.4 Å². The average molecular weight is 379 g/mol. The first-order valence-corrected chi connectivity index (χ1v) is 9.04. The third-order valence-corrected chi connectivity index (χ3v) is 4.71. The zero-order chi connectivity index (χ0) is 20.2. The van der Waals surface area contributed by atoms with Gasteiger partial charge in [0.2, 0.25) is 0 Å². The van der Waals surface area contributed by atoms with Crippen molar-refractivity contribution in [1.82, 2.24) is 4.98 Å². The highest BCUT2D eigenvalue weighted by molar-refractivity contribution is 6.12. The molecule has 0 atom stereocenters. The number of hydrogen-bond acceptors (Lipinski definition) is 4. The highest BCUT2D eigenvalue weighted by Gasteiger charge is 2.14. The first kappa shape index (κ1) is 18.2. The minimum Gasteiger partial charge on any atom is -0.497 e. The first-order chi connectivity index (χ1) is 14.2. The second-order valence-corrected chi connectivity index (χ2v) is 6.40. The van der Waals surface area contributed by atoms with E-state index < -0.39 is 0 Å². The van der Waals surface area contributed by atoms with Crippen molar-refractivity contribution in [2.45, 2.75) is 0 Å². The summed E-state index contributed by atoms with van der Waals surface area (Å²) in [7, 11) is 1.63. The van der Waals surface area contributed by atoms with Crippen molar-refractivity contribution in [2.24, 2.45) is 0 Å².